The Morgan fingerprint density at radius 3 is 3.06 bits per heavy atom. The zero-order valence-electron chi connectivity index (χ0n) is 17.7. The lowest BCUT2D eigenvalue weighted by Gasteiger charge is -2.17. The van der Waals surface area contributed by atoms with Gasteiger partial charge < -0.3 is 24.8 Å². The van der Waals surface area contributed by atoms with E-state index in [1.807, 2.05) is 13.0 Å². The van der Waals surface area contributed by atoms with Crippen LogP contribution < -0.4 is 10.6 Å². The summed E-state index contributed by atoms with van der Waals surface area (Å²) in [4.78, 5) is 16.3. The minimum absolute atomic E-state index is 0.0310. The van der Waals surface area contributed by atoms with Crippen molar-refractivity contribution in [2.45, 2.75) is 50.3 Å². The largest absolute Gasteiger partial charge is 0.441 e. The third-order valence-corrected chi connectivity index (χ3v) is 5.63. The number of methoxy groups -OCH3 is 1. The monoisotopic (exact) mass is 445 g/mol. The molecule has 0 bridgehead atoms. The number of fused-ring (bicyclic) bond motifs is 1. The van der Waals surface area contributed by atoms with E-state index in [4.69, 9.17) is 14.2 Å². The minimum Gasteiger partial charge on any atom is -0.441 e. The Morgan fingerprint density at radius 2 is 2.28 bits per heavy atom. The number of carbonyl (C=O) groups excluding carboxylic acids is 1. The molecule has 12 heteroatoms. The molecule has 2 fully saturated rings. The second-order valence-corrected chi connectivity index (χ2v) is 8.34. The normalized spacial score (nSPS) is 23.9. The highest BCUT2D eigenvalue weighted by Crippen LogP contribution is 2.36. The van der Waals surface area contributed by atoms with E-state index in [1.54, 1.807) is 30.1 Å². The van der Waals surface area contributed by atoms with Crippen molar-refractivity contribution in [2.75, 3.05) is 19.0 Å². The van der Waals surface area contributed by atoms with E-state index >= 15 is 0 Å². The highest BCUT2D eigenvalue weighted by atomic mass is 19.1. The molecule has 4 heterocycles. The molecule has 0 spiro atoms. The number of halogens is 1. The number of ether oxygens (including phenoxy) is 3. The van der Waals surface area contributed by atoms with Crippen LogP contribution >= 0.6 is 0 Å². The van der Waals surface area contributed by atoms with E-state index in [0.717, 1.165) is 24.1 Å². The zero-order chi connectivity index (χ0) is 22.3. The summed E-state index contributed by atoms with van der Waals surface area (Å²) in [5, 5.41) is 17.2. The van der Waals surface area contributed by atoms with E-state index < -0.39 is 24.5 Å². The van der Waals surface area contributed by atoms with E-state index in [1.165, 1.54) is 0 Å². The number of amides is 1. The molecule has 32 heavy (non-hydrogen) atoms. The molecule has 1 saturated heterocycles. The molecule has 2 aliphatic rings. The summed E-state index contributed by atoms with van der Waals surface area (Å²) in [7, 11) is 1.60. The SMILES string of the molecule is COCc1cc2c(Nc3cc([C@@H]4OC[C@H](OC(=O)NC5(C)CC5)[C@@H]4F)[nH]n3)nccn2n1. The second-order valence-electron chi connectivity index (χ2n) is 8.34. The second kappa shape index (κ2) is 8.02. The first-order valence-corrected chi connectivity index (χ1v) is 10.3. The maximum absolute atomic E-state index is 14.9. The molecule has 170 valence electrons. The maximum atomic E-state index is 14.9. The summed E-state index contributed by atoms with van der Waals surface area (Å²) < 4.78 is 32.5. The molecule has 5 rings (SSSR count). The number of aromatic amines is 1. The Bertz CT molecular complexity index is 1130. The first-order valence-electron chi connectivity index (χ1n) is 10.3. The first-order chi connectivity index (χ1) is 15.4. The lowest BCUT2D eigenvalue weighted by atomic mass is 10.1. The Balaban J connectivity index is 1.25. The summed E-state index contributed by atoms with van der Waals surface area (Å²) in [6.07, 6.45) is 1.09. The highest BCUT2D eigenvalue weighted by molar-refractivity contribution is 5.72. The van der Waals surface area contributed by atoms with Crippen molar-refractivity contribution in [3.8, 4) is 0 Å². The molecule has 3 N–H and O–H groups in total. The standard InChI is InChI=1S/C20H24FN7O4/c1-20(3-4-20)24-19(29)32-14-10-31-17(16(14)21)12-8-15(26-25-12)23-18-13-7-11(9-30-2)27-28(13)6-5-22-18/h5-8,14,16-17H,3-4,9-10H2,1-2H3,(H,24,29)(H2,22,23,25,26)/t14-,16-,17-/m0/s1. The number of H-pyrrole nitrogens is 1. The van der Waals surface area contributed by atoms with Gasteiger partial charge in [0.15, 0.2) is 23.9 Å². The van der Waals surface area contributed by atoms with Crippen molar-refractivity contribution in [3.63, 3.8) is 0 Å². The van der Waals surface area contributed by atoms with Crippen LogP contribution in [0.2, 0.25) is 0 Å². The van der Waals surface area contributed by atoms with Crippen LogP contribution in [0.15, 0.2) is 24.5 Å². The topological polar surface area (TPSA) is 128 Å². The fourth-order valence-electron chi connectivity index (χ4n) is 3.62. The van der Waals surface area contributed by atoms with Crippen molar-refractivity contribution in [3.05, 3.63) is 35.9 Å². The first kappa shape index (κ1) is 20.6. The van der Waals surface area contributed by atoms with Gasteiger partial charge in [0.05, 0.1) is 24.6 Å². The number of nitrogens with zero attached hydrogens (tertiary/aromatic N) is 4. The molecule has 0 radical (unpaired) electrons. The van der Waals surface area contributed by atoms with Crippen molar-refractivity contribution in [2.24, 2.45) is 0 Å². The van der Waals surface area contributed by atoms with Gasteiger partial charge in [-0.05, 0) is 25.8 Å². The lowest BCUT2D eigenvalue weighted by molar-refractivity contribution is 0.0604. The van der Waals surface area contributed by atoms with E-state index in [0.29, 0.717) is 23.9 Å². The smallest absolute Gasteiger partial charge is 0.408 e. The Kier molecular flexibility index (Phi) is 5.18. The fraction of sp³-hybridized carbons (Fsp3) is 0.500. The van der Waals surface area contributed by atoms with Gasteiger partial charge in [-0.2, -0.15) is 10.2 Å². The third-order valence-electron chi connectivity index (χ3n) is 5.63. The fourth-order valence-corrected chi connectivity index (χ4v) is 3.62. The summed E-state index contributed by atoms with van der Waals surface area (Å²) >= 11 is 0. The van der Waals surface area contributed by atoms with Crippen LogP contribution in [0.1, 0.15) is 37.3 Å². The van der Waals surface area contributed by atoms with Gasteiger partial charge in [0.25, 0.3) is 0 Å². The maximum Gasteiger partial charge on any atom is 0.408 e. The van der Waals surface area contributed by atoms with Crippen LogP contribution in [0, 0.1) is 0 Å². The van der Waals surface area contributed by atoms with Crippen LogP contribution in [-0.4, -0.2) is 62.4 Å². The number of hydrogen-bond acceptors (Lipinski definition) is 8. The summed E-state index contributed by atoms with van der Waals surface area (Å²) in [5.74, 6) is 0.977. The molecule has 1 amide bonds. The van der Waals surface area contributed by atoms with E-state index in [9.17, 15) is 9.18 Å². The Labute approximate surface area is 182 Å². The Hall–Kier alpha value is -3.25. The predicted molar refractivity (Wildman–Crippen MR) is 110 cm³/mol. The summed E-state index contributed by atoms with van der Waals surface area (Å²) in [6.45, 7) is 2.27. The molecule has 3 aromatic heterocycles. The number of alkyl halides is 1. The molecule has 0 aromatic carbocycles. The third kappa shape index (κ3) is 4.10. The van der Waals surface area contributed by atoms with Crippen LogP contribution in [0.5, 0.6) is 0 Å². The van der Waals surface area contributed by atoms with Gasteiger partial charge in [-0.15, -0.1) is 0 Å². The van der Waals surface area contributed by atoms with E-state index in [2.05, 4.69) is 30.9 Å². The van der Waals surface area contributed by atoms with Crippen molar-refractivity contribution in [1.82, 2.24) is 30.1 Å². The summed E-state index contributed by atoms with van der Waals surface area (Å²) in [5.41, 5.74) is 1.70. The van der Waals surface area contributed by atoms with Gasteiger partial charge in [-0.1, -0.05) is 0 Å². The van der Waals surface area contributed by atoms with Gasteiger partial charge in [-0.25, -0.2) is 18.7 Å². The lowest BCUT2D eigenvalue weighted by Crippen LogP contribution is -2.39. The van der Waals surface area contributed by atoms with Crippen LogP contribution in [0.4, 0.5) is 20.8 Å². The van der Waals surface area contributed by atoms with Crippen molar-refractivity contribution >= 4 is 23.2 Å². The number of nitrogens with one attached hydrogen (secondary N) is 3. The Morgan fingerprint density at radius 1 is 1.44 bits per heavy atom. The minimum atomic E-state index is -1.52. The molecule has 3 atom stereocenters. The van der Waals surface area contributed by atoms with Gasteiger partial charge in [-0.3, -0.25) is 5.10 Å². The van der Waals surface area contributed by atoms with Crippen LogP contribution in [-0.2, 0) is 20.8 Å². The predicted octanol–water partition coefficient (Wildman–Crippen LogP) is 2.40. The summed E-state index contributed by atoms with van der Waals surface area (Å²) in [6, 6.07) is 3.50. The number of anilines is 2. The van der Waals surface area contributed by atoms with Gasteiger partial charge >= 0.3 is 6.09 Å². The quantitative estimate of drug-likeness (QED) is 0.506. The molecular weight excluding hydrogens is 421 g/mol. The molecule has 1 aliphatic heterocycles. The van der Waals surface area contributed by atoms with Gasteiger partial charge in [0.2, 0.25) is 0 Å². The number of carbonyl (C=O) groups is 1. The molecule has 0 unspecified atom stereocenters. The number of hydrogen-bond donors (Lipinski definition) is 3. The van der Waals surface area contributed by atoms with Crippen LogP contribution in [0.3, 0.4) is 0 Å². The average molecular weight is 445 g/mol. The van der Waals surface area contributed by atoms with Crippen molar-refractivity contribution in [1.29, 1.82) is 0 Å². The molecule has 3 aromatic rings. The number of rotatable bonds is 7. The number of alkyl carbamates (subject to hydrolysis) is 1. The zero-order valence-corrected chi connectivity index (χ0v) is 17.7. The average Bonchev–Trinajstić information content (AvgIpc) is 3.12. The highest BCUT2D eigenvalue weighted by Gasteiger charge is 2.44. The molecule has 11 nitrogen and oxygen atoms in total. The molecular formula is C20H24FN7O4. The van der Waals surface area contributed by atoms with Crippen molar-refractivity contribution < 1.29 is 23.4 Å². The molecule has 1 saturated carbocycles. The van der Waals surface area contributed by atoms with Gasteiger partial charge in [0.1, 0.15) is 11.6 Å². The van der Waals surface area contributed by atoms with Gasteiger partial charge in [0, 0.05) is 31.1 Å². The van der Waals surface area contributed by atoms with Crippen LogP contribution in [0.25, 0.3) is 5.52 Å². The molecule has 1 aliphatic carbocycles. The van der Waals surface area contributed by atoms with E-state index in [-0.39, 0.29) is 12.1 Å². The number of aromatic nitrogens is 5.